The Hall–Kier alpha value is -3.00. The molecule has 1 saturated carbocycles. The Morgan fingerprint density at radius 1 is 1.00 bits per heavy atom. The largest absolute Gasteiger partial charge is 0.335 e. The Balaban J connectivity index is 1.34. The van der Waals surface area contributed by atoms with Crippen molar-refractivity contribution in [1.29, 1.82) is 0 Å². The van der Waals surface area contributed by atoms with Gasteiger partial charge in [0, 0.05) is 24.0 Å². The molecule has 7 nitrogen and oxygen atoms in total. The van der Waals surface area contributed by atoms with Crippen molar-refractivity contribution in [3.05, 3.63) is 48.0 Å². The average molecular weight is 479 g/mol. The van der Waals surface area contributed by atoms with Gasteiger partial charge in [-0.3, -0.25) is 9.59 Å². The predicted octanol–water partition coefficient (Wildman–Crippen LogP) is 4.20. The van der Waals surface area contributed by atoms with Gasteiger partial charge in [0.05, 0.1) is 17.8 Å². The third-order valence-corrected chi connectivity index (χ3v) is 7.84. The molecule has 2 N–H and O–H groups in total. The van der Waals surface area contributed by atoms with Crippen molar-refractivity contribution in [1.82, 2.24) is 15.1 Å². The summed E-state index contributed by atoms with van der Waals surface area (Å²) in [6.07, 6.45) is 7.55. The van der Waals surface area contributed by atoms with Crippen molar-refractivity contribution >= 4 is 35.3 Å². The summed E-state index contributed by atoms with van der Waals surface area (Å²) < 4.78 is 0. The highest BCUT2D eigenvalue weighted by Crippen LogP contribution is 2.31. The number of anilines is 1. The van der Waals surface area contributed by atoms with Crippen molar-refractivity contribution < 1.29 is 14.4 Å². The second-order valence-corrected chi connectivity index (χ2v) is 10.1. The van der Waals surface area contributed by atoms with E-state index in [2.05, 4.69) is 22.8 Å². The second-order valence-electron chi connectivity index (χ2n) is 9.22. The van der Waals surface area contributed by atoms with Gasteiger partial charge < -0.3 is 20.4 Å². The van der Waals surface area contributed by atoms with Gasteiger partial charge in [0.2, 0.25) is 5.91 Å². The standard InChI is InChI=1S/C26H30N4O3S/c1-34-20-10-7-17(8-11-20)18-9-12-22-21(15-18)25(32)30-14-13-29(16-23(30)24(31)28-22)26(33)27-19-5-3-2-4-6-19/h7-12,15,19,23H,2-6,13-14,16H2,1H3,(H,27,33)(H,28,31)/t23-/m1/s1. The number of amides is 4. The van der Waals surface area contributed by atoms with Crippen molar-refractivity contribution in [3.63, 3.8) is 0 Å². The molecule has 0 unspecified atom stereocenters. The Morgan fingerprint density at radius 3 is 2.47 bits per heavy atom. The fourth-order valence-corrected chi connectivity index (χ4v) is 5.52. The highest BCUT2D eigenvalue weighted by Gasteiger charge is 2.40. The van der Waals surface area contributed by atoms with Crippen molar-refractivity contribution in [3.8, 4) is 11.1 Å². The number of carbonyl (C=O) groups is 3. The fourth-order valence-electron chi connectivity index (χ4n) is 5.11. The number of rotatable bonds is 3. The van der Waals surface area contributed by atoms with Crippen LogP contribution in [0.5, 0.6) is 0 Å². The van der Waals surface area contributed by atoms with Gasteiger partial charge in [0.1, 0.15) is 6.04 Å². The molecule has 0 spiro atoms. The van der Waals surface area contributed by atoms with Gasteiger partial charge in [0.25, 0.3) is 5.91 Å². The molecular weight excluding hydrogens is 448 g/mol. The second kappa shape index (κ2) is 9.70. The minimum absolute atomic E-state index is 0.135. The number of nitrogens with zero attached hydrogens (tertiary/aromatic N) is 2. The van der Waals surface area contributed by atoms with Crippen LogP contribution in [0.3, 0.4) is 0 Å². The summed E-state index contributed by atoms with van der Waals surface area (Å²) in [7, 11) is 0. The molecule has 4 amide bonds. The third kappa shape index (κ3) is 4.51. The molecule has 0 aromatic heterocycles. The lowest BCUT2D eigenvalue weighted by molar-refractivity contribution is -0.121. The molecule has 0 bridgehead atoms. The molecular formula is C26H30N4O3S. The van der Waals surface area contributed by atoms with Crippen LogP contribution in [0.25, 0.3) is 11.1 Å². The number of hydrogen-bond donors (Lipinski definition) is 2. The van der Waals surface area contributed by atoms with Crippen LogP contribution in [-0.2, 0) is 4.79 Å². The van der Waals surface area contributed by atoms with E-state index in [0.717, 1.165) is 36.8 Å². The highest BCUT2D eigenvalue weighted by atomic mass is 32.2. The summed E-state index contributed by atoms with van der Waals surface area (Å²) in [5.41, 5.74) is 2.96. The Kier molecular flexibility index (Phi) is 6.50. The number of carbonyl (C=O) groups excluding carboxylic acids is 3. The van der Waals surface area contributed by atoms with Crippen LogP contribution in [0.1, 0.15) is 42.5 Å². The SMILES string of the molecule is CSc1ccc(-c2ccc3c(c2)C(=O)N2CCN(C(=O)NC4CCCCC4)C[C@@H]2C(=O)N3)cc1. The number of nitrogens with one attached hydrogen (secondary N) is 2. The Bertz CT molecular complexity index is 1100. The van der Waals surface area contributed by atoms with Gasteiger partial charge in [0.15, 0.2) is 0 Å². The van der Waals surface area contributed by atoms with Crippen LogP contribution in [-0.4, -0.2) is 65.6 Å². The molecule has 2 fully saturated rings. The molecule has 3 aliphatic rings. The van der Waals surface area contributed by atoms with Crippen LogP contribution < -0.4 is 10.6 Å². The Morgan fingerprint density at radius 2 is 1.74 bits per heavy atom. The number of benzene rings is 2. The summed E-state index contributed by atoms with van der Waals surface area (Å²) in [4.78, 5) is 43.9. The van der Waals surface area contributed by atoms with Gasteiger partial charge in [-0.1, -0.05) is 37.5 Å². The van der Waals surface area contributed by atoms with Gasteiger partial charge in [-0.25, -0.2) is 4.79 Å². The lowest BCUT2D eigenvalue weighted by Gasteiger charge is -2.40. The van der Waals surface area contributed by atoms with Crippen LogP contribution in [0.4, 0.5) is 10.5 Å². The normalized spacial score (nSPS) is 20.8. The molecule has 8 heteroatoms. The maximum Gasteiger partial charge on any atom is 0.317 e. The lowest BCUT2D eigenvalue weighted by atomic mass is 9.96. The number of thioether (sulfide) groups is 1. The van der Waals surface area contributed by atoms with Crippen molar-refractivity contribution in [2.24, 2.45) is 0 Å². The van der Waals surface area contributed by atoms with Crippen LogP contribution in [0.15, 0.2) is 47.4 Å². The van der Waals surface area contributed by atoms with E-state index in [0.29, 0.717) is 24.3 Å². The number of urea groups is 1. The molecule has 2 aromatic rings. The molecule has 0 radical (unpaired) electrons. The predicted molar refractivity (Wildman–Crippen MR) is 134 cm³/mol. The highest BCUT2D eigenvalue weighted by molar-refractivity contribution is 7.98. The maximum atomic E-state index is 13.5. The van der Waals surface area contributed by atoms with E-state index in [1.165, 1.54) is 11.3 Å². The van der Waals surface area contributed by atoms with E-state index in [1.54, 1.807) is 27.6 Å². The lowest BCUT2D eigenvalue weighted by Crippen LogP contribution is -2.61. The summed E-state index contributed by atoms with van der Waals surface area (Å²) in [6, 6.07) is 13.2. The summed E-state index contributed by atoms with van der Waals surface area (Å²) in [5, 5.41) is 6.05. The zero-order valence-electron chi connectivity index (χ0n) is 19.4. The summed E-state index contributed by atoms with van der Waals surface area (Å²) in [6.45, 7) is 0.952. The van der Waals surface area contributed by atoms with E-state index in [-0.39, 0.29) is 30.4 Å². The molecule has 2 aromatic carbocycles. The van der Waals surface area contributed by atoms with Gasteiger partial charge in [-0.2, -0.15) is 0 Å². The zero-order valence-corrected chi connectivity index (χ0v) is 20.2. The minimum Gasteiger partial charge on any atom is -0.335 e. The number of fused-ring (bicyclic) bond motifs is 2. The van der Waals surface area contributed by atoms with Crippen LogP contribution in [0, 0.1) is 0 Å². The summed E-state index contributed by atoms with van der Waals surface area (Å²) in [5.74, 6) is -0.424. The summed E-state index contributed by atoms with van der Waals surface area (Å²) >= 11 is 1.68. The average Bonchev–Trinajstić information content (AvgIpc) is 2.98. The molecule has 1 saturated heterocycles. The quantitative estimate of drug-likeness (QED) is 0.648. The van der Waals surface area contributed by atoms with Crippen molar-refractivity contribution in [2.75, 3.05) is 31.2 Å². The molecule has 178 valence electrons. The molecule has 2 heterocycles. The first-order chi connectivity index (χ1) is 16.5. The van der Waals surface area contributed by atoms with Gasteiger partial charge in [-0.05, 0) is 54.5 Å². The van der Waals surface area contributed by atoms with Gasteiger partial charge in [-0.15, -0.1) is 11.8 Å². The fraction of sp³-hybridized carbons (Fsp3) is 0.423. The maximum absolute atomic E-state index is 13.5. The van der Waals surface area contributed by atoms with E-state index in [4.69, 9.17) is 0 Å². The third-order valence-electron chi connectivity index (χ3n) is 7.10. The van der Waals surface area contributed by atoms with E-state index < -0.39 is 6.04 Å². The Labute approximate surface area is 204 Å². The molecule has 34 heavy (non-hydrogen) atoms. The molecule has 1 aliphatic carbocycles. The molecule has 1 atom stereocenters. The van der Waals surface area contributed by atoms with Crippen LogP contribution >= 0.6 is 11.8 Å². The monoisotopic (exact) mass is 478 g/mol. The topological polar surface area (TPSA) is 81.8 Å². The molecule has 2 aliphatic heterocycles. The minimum atomic E-state index is -0.699. The van der Waals surface area contributed by atoms with Gasteiger partial charge >= 0.3 is 6.03 Å². The smallest absolute Gasteiger partial charge is 0.317 e. The molecule has 5 rings (SSSR count). The van der Waals surface area contributed by atoms with Crippen molar-refractivity contribution in [2.45, 2.75) is 49.1 Å². The zero-order chi connectivity index (χ0) is 23.7. The first-order valence-electron chi connectivity index (χ1n) is 12.0. The van der Waals surface area contributed by atoms with Crippen LogP contribution in [0.2, 0.25) is 0 Å². The van der Waals surface area contributed by atoms with E-state index >= 15 is 0 Å². The first-order valence-corrected chi connectivity index (χ1v) is 13.2. The number of piperazine rings is 1. The first kappa shape index (κ1) is 22.8. The van der Waals surface area contributed by atoms with E-state index in [1.807, 2.05) is 30.5 Å². The van der Waals surface area contributed by atoms with E-state index in [9.17, 15) is 14.4 Å². The number of hydrogen-bond acceptors (Lipinski definition) is 4.